The Morgan fingerprint density at radius 2 is 1.86 bits per heavy atom. The molecule has 22 heavy (non-hydrogen) atoms. The van der Waals surface area contributed by atoms with Gasteiger partial charge in [0.25, 0.3) is 0 Å². The van der Waals surface area contributed by atoms with Gasteiger partial charge in [-0.3, -0.25) is 0 Å². The fourth-order valence-electron chi connectivity index (χ4n) is 2.87. The van der Waals surface area contributed by atoms with Crippen molar-refractivity contribution in [1.82, 2.24) is 0 Å². The second kappa shape index (κ2) is 9.66. The number of allylic oxidation sites excluding steroid dienone is 5. The van der Waals surface area contributed by atoms with Crippen molar-refractivity contribution < 1.29 is 9.90 Å². The van der Waals surface area contributed by atoms with E-state index < -0.39 is 5.97 Å². The molecule has 0 unspecified atom stereocenters. The normalized spacial score (nSPS) is 31.5. The minimum atomic E-state index is -0.756. The van der Waals surface area contributed by atoms with Gasteiger partial charge in [0.2, 0.25) is 0 Å². The van der Waals surface area contributed by atoms with E-state index in [4.69, 9.17) is 0 Å². The van der Waals surface area contributed by atoms with E-state index in [1.807, 2.05) is 6.08 Å². The summed E-state index contributed by atoms with van der Waals surface area (Å²) in [6.07, 6.45) is 14.6. The third kappa shape index (κ3) is 7.11. The molecule has 0 amide bonds. The molecule has 0 radical (unpaired) electrons. The Labute approximate surface area is 136 Å². The van der Waals surface area contributed by atoms with E-state index >= 15 is 0 Å². The van der Waals surface area contributed by atoms with Crippen molar-refractivity contribution in [1.29, 1.82) is 0 Å². The van der Waals surface area contributed by atoms with Gasteiger partial charge >= 0.3 is 5.97 Å². The summed E-state index contributed by atoms with van der Waals surface area (Å²) in [4.78, 5) is 11.4. The fraction of sp³-hybridized carbons (Fsp3) is 0.650. The molecule has 0 aliphatic heterocycles. The molecule has 2 nitrogen and oxygen atoms in total. The Morgan fingerprint density at radius 3 is 2.50 bits per heavy atom. The molecule has 0 saturated heterocycles. The summed E-state index contributed by atoms with van der Waals surface area (Å²) in [5.41, 5.74) is 1.95. The summed E-state index contributed by atoms with van der Waals surface area (Å²) in [6, 6.07) is 0. The lowest BCUT2D eigenvalue weighted by atomic mass is 9.87. The molecular weight excluding hydrogens is 272 g/mol. The SMILES string of the molecule is C/C1=C\CC[C@@H](C)/C=C/[C@@H](C(C)C)CC/C(C(=O)O)=C/CC1. The average Bonchev–Trinajstić information content (AvgIpc) is 2.43. The van der Waals surface area contributed by atoms with Crippen LogP contribution in [-0.4, -0.2) is 11.1 Å². The molecule has 0 heterocycles. The highest BCUT2D eigenvalue weighted by atomic mass is 16.4. The van der Waals surface area contributed by atoms with Crippen molar-refractivity contribution in [2.45, 2.75) is 66.2 Å². The Hall–Kier alpha value is -1.31. The Balaban J connectivity index is 2.90. The number of carboxylic acids is 1. The average molecular weight is 304 g/mol. The fourth-order valence-corrected chi connectivity index (χ4v) is 2.87. The molecule has 0 aromatic heterocycles. The van der Waals surface area contributed by atoms with Crippen LogP contribution in [0, 0.1) is 17.8 Å². The molecule has 1 aliphatic carbocycles. The lowest BCUT2D eigenvalue weighted by Gasteiger charge is -2.18. The van der Waals surface area contributed by atoms with Crippen LogP contribution in [0.5, 0.6) is 0 Å². The highest BCUT2D eigenvalue weighted by Crippen LogP contribution is 2.24. The lowest BCUT2D eigenvalue weighted by molar-refractivity contribution is -0.132. The number of rotatable bonds is 2. The summed E-state index contributed by atoms with van der Waals surface area (Å²) in [5.74, 6) is 0.843. The van der Waals surface area contributed by atoms with Crippen molar-refractivity contribution in [2.24, 2.45) is 17.8 Å². The first-order valence-electron chi connectivity index (χ1n) is 8.66. The number of hydrogen-bond donors (Lipinski definition) is 1. The van der Waals surface area contributed by atoms with Crippen LogP contribution in [0.25, 0.3) is 0 Å². The molecule has 2 atom stereocenters. The van der Waals surface area contributed by atoms with E-state index in [2.05, 4.69) is 45.9 Å². The zero-order chi connectivity index (χ0) is 16.5. The second-order valence-corrected chi connectivity index (χ2v) is 7.01. The minimum Gasteiger partial charge on any atom is -0.478 e. The Bertz CT molecular complexity index is 441. The van der Waals surface area contributed by atoms with Crippen LogP contribution in [0.15, 0.2) is 35.5 Å². The van der Waals surface area contributed by atoms with Gasteiger partial charge in [-0.25, -0.2) is 4.79 Å². The number of carbonyl (C=O) groups is 1. The Morgan fingerprint density at radius 1 is 1.14 bits per heavy atom. The van der Waals surface area contributed by atoms with Gasteiger partial charge in [-0.05, 0) is 63.2 Å². The van der Waals surface area contributed by atoms with Crippen LogP contribution in [0.4, 0.5) is 0 Å². The van der Waals surface area contributed by atoms with Crippen LogP contribution >= 0.6 is 0 Å². The van der Waals surface area contributed by atoms with Gasteiger partial charge in [-0.1, -0.05) is 50.6 Å². The first-order chi connectivity index (χ1) is 10.4. The summed E-state index contributed by atoms with van der Waals surface area (Å²) in [5, 5.41) is 9.38. The van der Waals surface area contributed by atoms with Crippen molar-refractivity contribution in [3.05, 3.63) is 35.5 Å². The van der Waals surface area contributed by atoms with Gasteiger partial charge in [0, 0.05) is 5.57 Å². The Kier molecular flexibility index (Phi) is 8.22. The minimum absolute atomic E-state index is 0.463. The van der Waals surface area contributed by atoms with Crippen LogP contribution < -0.4 is 0 Å². The quantitative estimate of drug-likeness (QED) is 0.658. The highest BCUT2D eigenvalue weighted by Gasteiger charge is 2.14. The van der Waals surface area contributed by atoms with Gasteiger partial charge in [-0.2, -0.15) is 0 Å². The smallest absolute Gasteiger partial charge is 0.331 e. The zero-order valence-electron chi connectivity index (χ0n) is 14.6. The van der Waals surface area contributed by atoms with E-state index in [9.17, 15) is 9.90 Å². The predicted molar refractivity (Wildman–Crippen MR) is 93.8 cm³/mol. The molecule has 2 heteroatoms. The monoisotopic (exact) mass is 304 g/mol. The molecule has 1 N–H and O–H groups in total. The summed E-state index contributed by atoms with van der Waals surface area (Å²) in [7, 11) is 0. The van der Waals surface area contributed by atoms with Gasteiger partial charge < -0.3 is 5.11 Å². The van der Waals surface area contributed by atoms with Gasteiger partial charge in [-0.15, -0.1) is 0 Å². The third-order valence-corrected chi connectivity index (χ3v) is 4.61. The highest BCUT2D eigenvalue weighted by molar-refractivity contribution is 5.86. The van der Waals surface area contributed by atoms with Crippen LogP contribution in [0.2, 0.25) is 0 Å². The molecule has 1 aliphatic rings. The van der Waals surface area contributed by atoms with Crippen molar-refractivity contribution >= 4 is 5.97 Å². The van der Waals surface area contributed by atoms with Gasteiger partial charge in [0.15, 0.2) is 0 Å². The van der Waals surface area contributed by atoms with Gasteiger partial charge in [0.05, 0.1) is 0 Å². The zero-order valence-corrected chi connectivity index (χ0v) is 14.6. The standard InChI is InChI=1S/C20H32O2/c1-15(2)18-12-11-17(4)8-5-7-16(3)9-6-10-19(14-13-18)20(21)22/h7,10-12,15,17-18H,5-6,8-9,13-14H2,1-4H3,(H,21,22)/b12-11+,16-7+,19-10-/t17-,18-/m1/s1. The topological polar surface area (TPSA) is 37.3 Å². The van der Waals surface area contributed by atoms with Gasteiger partial charge in [0.1, 0.15) is 0 Å². The number of carboxylic acid groups (broad SMARTS) is 1. The largest absolute Gasteiger partial charge is 0.478 e. The molecule has 0 fully saturated rings. The molecule has 0 aromatic rings. The third-order valence-electron chi connectivity index (χ3n) is 4.61. The second-order valence-electron chi connectivity index (χ2n) is 7.01. The first-order valence-corrected chi connectivity index (χ1v) is 8.66. The lowest BCUT2D eigenvalue weighted by Crippen LogP contribution is -2.09. The predicted octanol–water partition coefficient (Wildman–Crippen LogP) is 5.76. The molecule has 1 rings (SSSR count). The van der Waals surface area contributed by atoms with E-state index in [0.717, 1.165) is 25.7 Å². The maximum Gasteiger partial charge on any atom is 0.331 e. The maximum atomic E-state index is 11.4. The molecular formula is C20H32O2. The van der Waals surface area contributed by atoms with Crippen molar-refractivity contribution in [2.75, 3.05) is 0 Å². The van der Waals surface area contributed by atoms with E-state index in [1.165, 1.54) is 12.0 Å². The van der Waals surface area contributed by atoms with Crippen molar-refractivity contribution in [3.8, 4) is 0 Å². The summed E-state index contributed by atoms with van der Waals surface area (Å²) >= 11 is 0. The molecule has 0 saturated carbocycles. The van der Waals surface area contributed by atoms with E-state index in [-0.39, 0.29) is 0 Å². The molecule has 0 spiro atoms. The van der Waals surface area contributed by atoms with Crippen LogP contribution in [0.3, 0.4) is 0 Å². The summed E-state index contributed by atoms with van der Waals surface area (Å²) < 4.78 is 0. The molecule has 0 bridgehead atoms. The van der Waals surface area contributed by atoms with E-state index in [0.29, 0.717) is 29.7 Å². The maximum absolute atomic E-state index is 11.4. The van der Waals surface area contributed by atoms with E-state index in [1.54, 1.807) is 0 Å². The molecule has 0 aromatic carbocycles. The number of hydrogen-bond acceptors (Lipinski definition) is 1. The molecule has 124 valence electrons. The van der Waals surface area contributed by atoms with Crippen molar-refractivity contribution in [3.63, 3.8) is 0 Å². The summed E-state index contributed by atoms with van der Waals surface area (Å²) in [6.45, 7) is 8.86. The first kappa shape index (κ1) is 18.7. The number of aliphatic carboxylic acids is 1. The van der Waals surface area contributed by atoms with Crippen LogP contribution in [-0.2, 0) is 4.79 Å². The van der Waals surface area contributed by atoms with Crippen LogP contribution in [0.1, 0.15) is 66.2 Å².